The summed E-state index contributed by atoms with van der Waals surface area (Å²) in [5, 5.41) is 0. The largest absolute Gasteiger partial charge is 0.463 e. The van der Waals surface area contributed by atoms with E-state index < -0.39 is 23.7 Å². The summed E-state index contributed by atoms with van der Waals surface area (Å²) in [5.74, 6) is -1.35. The molecular weight excluding hydrogens is 285 g/mol. The average Bonchev–Trinajstić information content (AvgIpc) is 2.95. The van der Waals surface area contributed by atoms with Gasteiger partial charge in [0, 0.05) is 14.2 Å². The van der Waals surface area contributed by atoms with Gasteiger partial charge >= 0.3 is 17.9 Å². The first-order valence-corrected chi connectivity index (χ1v) is 7.68. The lowest BCUT2D eigenvalue weighted by Gasteiger charge is -2.18. The molecule has 1 aliphatic rings. The van der Waals surface area contributed by atoms with E-state index >= 15 is 0 Å². The minimum Gasteiger partial charge on any atom is -0.463 e. The molecule has 1 unspecified atom stereocenters. The molecular formula is C8H10NO7PS. The van der Waals surface area contributed by atoms with Crippen LogP contribution in [0.5, 0.6) is 0 Å². The summed E-state index contributed by atoms with van der Waals surface area (Å²) < 4.78 is 57.3. The Morgan fingerprint density at radius 3 is 2.56 bits per heavy atom. The van der Waals surface area contributed by atoms with Crippen molar-refractivity contribution in [3.05, 3.63) is 24.2 Å². The van der Waals surface area contributed by atoms with Gasteiger partial charge in [-0.3, -0.25) is 4.57 Å². The second-order valence-electron chi connectivity index (χ2n) is 3.24. The first-order chi connectivity index (χ1) is 8.42. The molecule has 0 aliphatic carbocycles. The molecule has 1 aliphatic heterocycles. The Bertz CT molecular complexity index is 597. The Labute approximate surface area is 103 Å². The van der Waals surface area contributed by atoms with Crippen molar-refractivity contribution < 1.29 is 30.6 Å². The minimum absolute atomic E-state index is 0.121. The molecule has 1 aromatic rings. The summed E-state index contributed by atoms with van der Waals surface area (Å²) in [4.78, 5) is 0. The van der Waals surface area contributed by atoms with E-state index in [1.165, 1.54) is 18.4 Å². The molecule has 8 nitrogen and oxygen atoms in total. The van der Waals surface area contributed by atoms with Crippen LogP contribution in [0, 0.1) is 0 Å². The standard InChI is InChI=1S/C8H10NO7PS/c1-13-17(10,14-2)8-7(6-4-3-5-15-6)9-18(11,12)16-8/h3-5,8H,1-2H3. The van der Waals surface area contributed by atoms with Crippen LogP contribution in [0.25, 0.3) is 0 Å². The second kappa shape index (κ2) is 4.60. The molecule has 0 radical (unpaired) electrons. The number of furan rings is 1. The van der Waals surface area contributed by atoms with Gasteiger partial charge in [-0.05, 0) is 12.1 Å². The summed E-state index contributed by atoms with van der Waals surface area (Å²) in [5.41, 5.74) is -0.146. The molecule has 1 atom stereocenters. The average molecular weight is 295 g/mol. The second-order valence-corrected chi connectivity index (χ2v) is 6.74. The normalized spacial score (nSPS) is 23.0. The maximum atomic E-state index is 12.2. The Hall–Kier alpha value is -0.990. The van der Waals surface area contributed by atoms with E-state index in [4.69, 9.17) is 13.5 Å². The van der Waals surface area contributed by atoms with E-state index in [0.717, 1.165) is 14.2 Å². The summed E-state index contributed by atoms with van der Waals surface area (Å²) in [6.45, 7) is 0. The van der Waals surface area contributed by atoms with Crippen molar-refractivity contribution >= 4 is 23.6 Å². The molecule has 0 amide bonds. The fourth-order valence-corrected chi connectivity index (χ4v) is 4.04. The van der Waals surface area contributed by atoms with Gasteiger partial charge in [-0.1, -0.05) is 0 Å². The Kier molecular flexibility index (Phi) is 3.43. The summed E-state index contributed by atoms with van der Waals surface area (Å²) in [6.07, 6.45) is 1.32. The molecule has 1 aromatic heterocycles. The predicted octanol–water partition coefficient (Wildman–Crippen LogP) is 1.16. The number of rotatable bonds is 4. The molecule has 100 valence electrons. The van der Waals surface area contributed by atoms with Crippen molar-refractivity contribution in [2.75, 3.05) is 14.2 Å². The highest BCUT2D eigenvalue weighted by atomic mass is 32.2. The van der Waals surface area contributed by atoms with Crippen LogP contribution in [0.2, 0.25) is 0 Å². The van der Waals surface area contributed by atoms with Crippen LogP contribution in [-0.2, 0) is 28.1 Å². The van der Waals surface area contributed by atoms with Crippen LogP contribution in [0.4, 0.5) is 0 Å². The van der Waals surface area contributed by atoms with Gasteiger partial charge in [-0.15, -0.1) is 4.40 Å². The first-order valence-electron chi connectivity index (χ1n) is 4.70. The molecule has 0 bridgehead atoms. The lowest BCUT2D eigenvalue weighted by atomic mass is 10.3. The number of hydrogen-bond acceptors (Lipinski definition) is 7. The Morgan fingerprint density at radius 1 is 1.39 bits per heavy atom. The van der Waals surface area contributed by atoms with Gasteiger partial charge in [-0.25, -0.2) is 4.18 Å². The maximum Gasteiger partial charge on any atom is 0.382 e. The summed E-state index contributed by atoms with van der Waals surface area (Å²) in [6, 6.07) is 3.00. The fourth-order valence-electron chi connectivity index (χ4n) is 1.41. The van der Waals surface area contributed by atoms with Crippen LogP contribution in [0.15, 0.2) is 27.2 Å². The minimum atomic E-state index is -4.18. The van der Waals surface area contributed by atoms with Gasteiger partial charge < -0.3 is 13.5 Å². The molecule has 0 fully saturated rings. The molecule has 2 heterocycles. The van der Waals surface area contributed by atoms with E-state index in [-0.39, 0.29) is 11.5 Å². The van der Waals surface area contributed by atoms with Gasteiger partial charge in [0.15, 0.2) is 5.76 Å². The summed E-state index contributed by atoms with van der Waals surface area (Å²) in [7, 11) is -5.73. The molecule has 18 heavy (non-hydrogen) atoms. The Balaban J connectivity index is 2.50. The van der Waals surface area contributed by atoms with E-state index in [1.807, 2.05) is 0 Å². The zero-order chi connectivity index (χ0) is 13.4. The fraction of sp³-hybridized carbons (Fsp3) is 0.375. The quantitative estimate of drug-likeness (QED) is 0.767. The van der Waals surface area contributed by atoms with Crippen molar-refractivity contribution in [3.8, 4) is 0 Å². The Morgan fingerprint density at radius 2 is 2.06 bits per heavy atom. The third kappa shape index (κ3) is 2.27. The highest BCUT2D eigenvalue weighted by molar-refractivity contribution is 7.86. The van der Waals surface area contributed by atoms with E-state index in [2.05, 4.69) is 8.58 Å². The highest BCUT2D eigenvalue weighted by Gasteiger charge is 2.48. The van der Waals surface area contributed by atoms with Crippen molar-refractivity contribution in [1.82, 2.24) is 0 Å². The zero-order valence-corrected chi connectivity index (χ0v) is 11.2. The molecule has 0 aromatic carbocycles. The van der Waals surface area contributed by atoms with Gasteiger partial charge in [0.2, 0.25) is 5.85 Å². The van der Waals surface area contributed by atoms with E-state index in [9.17, 15) is 13.0 Å². The predicted molar refractivity (Wildman–Crippen MR) is 60.7 cm³/mol. The monoisotopic (exact) mass is 295 g/mol. The maximum absolute atomic E-state index is 12.2. The van der Waals surface area contributed by atoms with Crippen molar-refractivity contribution in [3.63, 3.8) is 0 Å². The van der Waals surface area contributed by atoms with Gasteiger partial charge in [0.05, 0.1) is 6.26 Å². The van der Waals surface area contributed by atoms with Gasteiger partial charge in [-0.2, -0.15) is 8.42 Å². The lowest BCUT2D eigenvalue weighted by molar-refractivity contribution is 0.227. The van der Waals surface area contributed by atoms with Gasteiger partial charge in [0.1, 0.15) is 5.71 Å². The van der Waals surface area contributed by atoms with Crippen LogP contribution < -0.4 is 0 Å². The highest BCUT2D eigenvalue weighted by Crippen LogP contribution is 2.55. The van der Waals surface area contributed by atoms with E-state index in [0.29, 0.717) is 0 Å². The van der Waals surface area contributed by atoms with Crippen LogP contribution >= 0.6 is 7.60 Å². The van der Waals surface area contributed by atoms with Crippen LogP contribution in [-0.4, -0.2) is 34.2 Å². The van der Waals surface area contributed by atoms with Crippen molar-refractivity contribution in [2.45, 2.75) is 5.85 Å². The molecule has 10 heteroatoms. The zero-order valence-electron chi connectivity index (χ0n) is 9.47. The van der Waals surface area contributed by atoms with Crippen molar-refractivity contribution in [1.29, 1.82) is 0 Å². The topological polar surface area (TPSA) is 104 Å². The molecule has 0 saturated heterocycles. The van der Waals surface area contributed by atoms with Crippen LogP contribution in [0.1, 0.15) is 5.76 Å². The molecule has 0 saturated carbocycles. The van der Waals surface area contributed by atoms with Crippen LogP contribution in [0.3, 0.4) is 0 Å². The third-order valence-corrected chi connectivity index (χ3v) is 5.17. The van der Waals surface area contributed by atoms with E-state index in [1.54, 1.807) is 0 Å². The van der Waals surface area contributed by atoms with Crippen molar-refractivity contribution in [2.24, 2.45) is 4.40 Å². The summed E-state index contributed by atoms with van der Waals surface area (Å²) >= 11 is 0. The molecule has 2 rings (SSSR count). The lowest BCUT2D eigenvalue weighted by Crippen LogP contribution is -2.21. The SMILES string of the molecule is COP(=O)(OC)C1OS(=O)(=O)N=C1c1ccco1. The van der Waals surface area contributed by atoms with Gasteiger partial charge in [0.25, 0.3) is 0 Å². The molecule has 0 N–H and O–H groups in total. The third-order valence-electron chi connectivity index (χ3n) is 2.23. The first kappa shape index (κ1) is 13.4. The number of nitrogens with zero attached hydrogens (tertiary/aromatic N) is 1. The smallest absolute Gasteiger partial charge is 0.382 e. The number of hydrogen-bond donors (Lipinski definition) is 0. The molecule has 0 spiro atoms.